The van der Waals surface area contributed by atoms with Crippen molar-refractivity contribution in [2.24, 2.45) is 0 Å². The van der Waals surface area contributed by atoms with E-state index in [9.17, 15) is 26.3 Å². The molecule has 0 bridgehead atoms. The Morgan fingerprint density at radius 3 is 1.06 bits per heavy atom. The van der Waals surface area contributed by atoms with Crippen LogP contribution in [0.3, 0.4) is 0 Å². The molecule has 0 spiro atoms. The molecule has 0 amide bonds. The number of aromatic nitrogens is 2. The van der Waals surface area contributed by atoms with Crippen LogP contribution in [0.1, 0.15) is 73.9 Å². The number of benzene rings is 4. The summed E-state index contributed by atoms with van der Waals surface area (Å²) < 4.78 is 89.9. The lowest BCUT2D eigenvalue weighted by Gasteiger charge is -2.13. The number of pyridine rings is 2. The Morgan fingerprint density at radius 1 is 0.486 bits per heavy atom. The van der Waals surface area contributed by atoms with E-state index >= 15 is 0 Å². The molecule has 0 radical (unpaired) electrons. The summed E-state index contributed by atoms with van der Waals surface area (Å²) in [6.45, 7) is 7.82. The number of methoxy groups -OCH3 is 4. The maximum absolute atomic E-state index is 10.5. The predicted molar refractivity (Wildman–Crippen MR) is 251 cm³/mol. The molecule has 0 saturated heterocycles. The monoisotopic (exact) mass is 982 g/mol. The number of carboxylic acid groups (broad SMARTS) is 2. The quantitative estimate of drug-likeness (QED) is 0.0408. The first kappa shape index (κ1) is 55.6. The van der Waals surface area contributed by atoms with E-state index in [4.69, 9.17) is 38.7 Å². The van der Waals surface area contributed by atoms with Crippen molar-refractivity contribution >= 4 is 45.1 Å². The first-order chi connectivity index (χ1) is 33.3. The standard InChI is InChI=1S/C48H58N4O4.2C2HF3O2/c1-35-25-45(43-19-13-15-21-47(43)51(35)33-37-27-39(53-3)31-40(28-37)54-4)49-23-17-11-9-7-8-10-12-18-24-50-46-26-36(2)52(48-22-16-14-20-44(46)48)34-38-29-41(55-5)32-42(30-38)56-6;2*3-2(4,5)1(6)7/h13-16,19-22,25-32H,7-12,17-18,23-24,33-34H2,1-6H3;2*(H,6,7). The van der Waals surface area contributed by atoms with Gasteiger partial charge in [0.25, 0.3) is 0 Å². The van der Waals surface area contributed by atoms with Gasteiger partial charge in [0.1, 0.15) is 34.9 Å². The average molecular weight is 983 g/mol. The van der Waals surface area contributed by atoms with E-state index < -0.39 is 24.3 Å². The highest BCUT2D eigenvalue weighted by molar-refractivity contribution is 5.90. The second-order valence-corrected chi connectivity index (χ2v) is 16.3. The maximum Gasteiger partial charge on any atom is 0.430 e. The number of nitrogens with zero attached hydrogens (tertiary/aromatic N) is 2. The van der Waals surface area contributed by atoms with Crippen LogP contribution < -0.4 is 48.9 Å². The molecule has 4 aromatic carbocycles. The first-order valence-corrected chi connectivity index (χ1v) is 22.6. The van der Waals surface area contributed by atoms with E-state index in [0.717, 1.165) is 60.3 Å². The molecule has 18 heteroatoms. The second-order valence-electron chi connectivity index (χ2n) is 16.3. The van der Waals surface area contributed by atoms with Crippen LogP contribution in [0.4, 0.5) is 37.7 Å². The van der Waals surface area contributed by atoms with Crippen LogP contribution in [0.5, 0.6) is 23.0 Å². The topological polar surface area (TPSA) is 149 Å². The van der Waals surface area contributed by atoms with Crippen molar-refractivity contribution in [3.8, 4) is 23.0 Å². The number of ether oxygens (including phenoxy) is 4. The van der Waals surface area contributed by atoms with E-state index in [0.29, 0.717) is 0 Å². The molecular weight excluding hydrogens is 923 g/mol. The number of hydrogen-bond donors (Lipinski definition) is 2. The largest absolute Gasteiger partial charge is 0.542 e. The van der Waals surface area contributed by atoms with Crippen molar-refractivity contribution < 1.29 is 74.2 Å². The van der Waals surface area contributed by atoms with Crippen molar-refractivity contribution in [1.29, 1.82) is 0 Å². The summed E-state index contributed by atoms with van der Waals surface area (Å²) in [4.78, 5) is 17.6. The van der Waals surface area contributed by atoms with Crippen LogP contribution in [-0.4, -0.2) is 65.8 Å². The molecule has 70 heavy (non-hydrogen) atoms. The molecular formula is C52H60F6N4O8. The summed E-state index contributed by atoms with van der Waals surface area (Å²) >= 11 is 0. The minimum atomic E-state index is -5.19. The summed E-state index contributed by atoms with van der Waals surface area (Å²) in [5.41, 5.74) is 9.56. The third-order valence-corrected chi connectivity index (χ3v) is 11.2. The Hall–Kier alpha value is -6.98. The normalized spacial score (nSPS) is 11.2. The van der Waals surface area contributed by atoms with E-state index in [1.807, 2.05) is 12.1 Å². The van der Waals surface area contributed by atoms with E-state index in [2.05, 4.69) is 119 Å². The number of aryl methyl sites for hydroxylation is 2. The van der Waals surface area contributed by atoms with Crippen LogP contribution >= 0.6 is 0 Å². The number of unbranched alkanes of at least 4 members (excludes halogenated alkanes) is 7. The van der Waals surface area contributed by atoms with Crippen LogP contribution in [0.25, 0.3) is 21.8 Å². The van der Waals surface area contributed by atoms with Gasteiger partial charge in [0.2, 0.25) is 11.0 Å². The molecule has 6 aromatic rings. The lowest BCUT2D eigenvalue weighted by atomic mass is 10.1. The number of alkyl halides is 6. The van der Waals surface area contributed by atoms with Gasteiger partial charge in [-0.05, 0) is 49.2 Å². The SMILES string of the molecule is COc1cc(C[n+]2c(C)cc(NCCCCCCCCCCNc3cc(C)[n+](Cc4cc(OC)cc(OC)c4)c4ccccc34)c3ccccc32)cc(OC)c1.O=C([O-])C(F)(F)F.O=C([O-])C(F)(F)F. The number of carbonyl (C=O) groups excluding carboxylic acids is 2. The molecule has 12 nitrogen and oxygen atoms in total. The van der Waals surface area contributed by atoms with Gasteiger partial charge in [0.05, 0.1) is 50.6 Å². The lowest BCUT2D eigenvalue weighted by molar-refractivity contribution is -0.668. The molecule has 0 saturated carbocycles. The lowest BCUT2D eigenvalue weighted by Crippen LogP contribution is -2.38. The minimum Gasteiger partial charge on any atom is -0.542 e. The Balaban J connectivity index is 0.000000664. The number of aliphatic carboxylic acids is 2. The number of carboxylic acids is 2. The number of fused-ring (bicyclic) bond motifs is 2. The van der Waals surface area contributed by atoms with Gasteiger partial charge >= 0.3 is 12.4 Å². The third kappa shape index (κ3) is 16.9. The van der Waals surface area contributed by atoms with Gasteiger partial charge in [0.15, 0.2) is 24.5 Å². The van der Waals surface area contributed by atoms with Gasteiger partial charge in [-0.15, -0.1) is 0 Å². The van der Waals surface area contributed by atoms with Crippen molar-refractivity contribution in [1.82, 2.24) is 0 Å². The number of halogens is 6. The highest BCUT2D eigenvalue weighted by atomic mass is 19.4. The Labute approximate surface area is 403 Å². The van der Waals surface area contributed by atoms with Crippen molar-refractivity contribution in [2.75, 3.05) is 52.2 Å². The summed E-state index contributed by atoms with van der Waals surface area (Å²) in [6.07, 6.45) is -0.354. The highest BCUT2D eigenvalue weighted by Gasteiger charge is 2.29. The number of para-hydroxylation sites is 2. The summed E-state index contributed by atoms with van der Waals surface area (Å²) in [6, 6.07) is 34.1. The fraction of sp³-hybridized carbons (Fsp3) is 0.385. The zero-order valence-electron chi connectivity index (χ0n) is 40.2. The zero-order valence-corrected chi connectivity index (χ0v) is 40.2. The maximum atomic E-state index is 10.5. The van der Waals surface area contributed by atoms with Gasteiger partial charge in [-0.2, -0.15) is 35.5 Å². The van der Waals surface area contributed by atoms with Crippen molar-refractivity contribution in [2.45, 2.75) is 90.7 Å². The number of carbonyl (C=O) groups is 2. The Morgan fingerprint density at radius 2 is 0.771 bits per heavy atom. The molecule has 0 aliphatic rings. The molecule has 0 aliphatic heterocycles. The Bertz CT molecular complexity index is 2440. The smallest absolute Gasteiger partial charge is 0.430 e. The van der Waals surface area contributed by atoms with Crippen LogP contribution in [0.2, 0.25) is 0 Å². The fourth-order valence-electron chi connectivity index (χ4n) is 7.73. The average Bonchev–Trinajstić information content (AvgIpc) is 3.33. The first-order valence-electron chi connectivity index (χ1n) is 22.6. The number of anilines is 2. The van der Waals surface area contributed by atoms with E-state index in [1.165, 1.54) is 95.9 Å². The number of hydrogen-bond acceptors (Lipinski definition) is 10. The number of nitrogens with one attached hydrogen (secondary N) is 2. The molecule has 0 atom stereocenters. The molecule has 0 unspecified atom stereocenters. The van der Waals surface area contributed by atoms with Crippen molar-refractivity contribution in [3.05, 3.63) is 120 Å². The van der Waals surface area contributed by atoms with E-state index in [-0.39, 0.29) is 0 Å². The highest BCUT2D eigenvalue weighted by Crippen LogP contribution is 2.28. The predicted octanol–water partition coefficient (Wildman–Crippen LogP) is 8.56. The Kier molecular flexibility index (Phi) is 21.2. The zero-order chi connectivity index (χ0) is 51.4. The van der Waals surface area contributed by atoms with Crippen LogP contribution in [0, 0.1) is 13.8 Å². The number of rotatable bonds is 21. The summed E-state index contributed by atoms with van der Waals surface area (Å²) in [5.74, 6) is -2.80. The third-order valence-electron chi connectivity index (χ3n) is 11.2. The molecule has 2 aromatic heterocycles. The molecule has 0 fully saturated rings. The summed E-state index contributed by atoms with van der Waals surface area (Å²) in [7, 11) is 6.78. The molecule has 2 N–H and O–H groups in total. The van der Waals surface area contributed by atoms with Gasteiger partial charge in [-0.3, -0.25) is 0 Å². The second kappa shape index (κ2) is 26.7. The van der Waals surface area contributed by atoms with Crippen molar-refractivity contribution in [3.63, 3.8) is 0 Å². The molecule has 2 heterocycles. The van der Waals surface area contributed by atoms with Gasteiger partial charge < -0.3 is 49.4 Å². The molecule has 6 rings (SSSR count). The van der Waals surface area contributed by atoms with Gasteiger partial charge in [-0.1, -0.05) is 62.8 Å². The van der Waals surface area contributed by atoms with E-state index in [1.54, 1.807) is 28.4 Å². The van der Waals surface area contributed by atoms with Crippen LogP contribution in [-0.2, 0) is 22.7 Å². The molecule has 0 aliphatic carbocycles. The molecule has 378 valence electrons. The minimum absolute atomic E-state index is 0.740. The van der Waals surface area contributed by atoms with Gasteiger partial charge in [-0.25, -0.2) is 0 Å². The van der Waals surface area contributed by atoms with Crippen LogP contribution in [0.15, 0.2) is 97.1 Å². The fourth-order valence-corrected chi connectivity index (χ4v) is 7.73. The van der Waals surface area contributed by atoms with Gasteiger partial charge in [0, 0.05) is 74.5 Å². The summed E-state index contributed by atoms with van der Waals surface area (Å²) in [5, 5.41) is 27.6.